The SMILES string of the molecule is c1ccc2ncc(CNCC3CC3)cc2c1. The Morgan fingerprint density at radius 3 is 3.00 bits per heavy atom. The van der Waals surface area contributed by atoms with Gasteiger partial charge in [0.05, 0.1) is 5.52 Å². The lowest BCUT2D eigenvalue weighted by molar-refractivity contribution is 0.638. The van der Waals surface area contributed by atoms with Gasteiger partial charge in [0.2, 0.25) is 0 Å². The Morgan fingerprint density at radius 2 is 2.12 bits per heavy atom. The van der Waals surface area contributed by atoms with Gasteiger partial charge in [0, 0.05) is 18.1 Å². The van der Waals surface area contributed by atoms with E-state index < -0.39 is 0 Å². The molecule has 0 saturated heterocycles. The molecule has 2 nitrogen and oxygen atoms in total. The Bertz CT molecular complexity index is 489. The Morgan fingerprint density at radius 1 is 1.25 bits per heavy atom. The summed E-state index contributed by atoms with van der Waals surface area (Å²) in [5, 5.41) is 4.72. The molecule has 0 radical (unpaired) electrons. The van der Waals surface area contributed by atoms with Crippen molar-refractivity contribution in [3.8, 4) is 0 Å². The summed E-state index contributed by atoms with van der Waals surface area (Å²) in [7, 11) is 0. The number of hydrogen-bond donors (Lipinski definition) is 1. The quantitative estimate of drug-likeness (QED) is 0.843. The summed E-state index contributed by atoms with van der Waals surface area (Å²) in [5.41, 5.74) is 2.35. The van der Waals surface area contributed by atoms with Crippen LogP contribution in [0.15, 0.2) is 36.5 Å². The minimum absolute atomic E-state index is 0.938. The van der Waals surface area contributed by atoms with Crippen molar-refractivity contribution in [3.05, 3.63) is 42.1 Å². The largest absolute Gasteiger partial charge is 0.312 e. The highest BCUT2D eigenvalue weighted by atomic mass is 14.9. The normalized spacial score (nSPS) is 15.5. The second-order valence-electron chi connectivity index (χ2n) is 4.61. The van der Waals surface area contributed by atoms with Gasteiger partial charge in [-0.3, -0.25) is 4.98 Å². The van der Waals surface area contributed by atoms with Gasteiger partial charge in [-0.2, -0.15) is 0 Å². The van der Waals surface area contributed by atoms with E-state index in [4.69, 9.17) is 0 Å². The monoisotopic (exact) mass is 212 g/mol. The van der Waals surface area contributed by atoms with Crippen LogP contribution in [0.1, 0.15) is 18.4 Å². The van der Waals surface area contributed by atoms with Crippen molar-refractivity contribution in [1.29, 1.82) is 0 Å². The number of aromatic nitrogens is 1. The van der Waals surface area contributed by atoms with E-state index in [9.17, 15) is 0 Å². The molecule has 1 aliphatic rings. The van der Waals surface area contributed by atoms with Crippen LogP contribution < -0.4 is 5.32 Å². The molecular weight excluding hydrogens is 196 g/mol. The molecule has 2 heteroatoms. The molecule has 0 aliphatic heterocycles. The van der Waals surface area contributed by atoms with Crippen molar-refractivity contribution < 1.29 is 0 Å². The molecule has 1 aromatic carbocycles. The van der Waals surface area contributed by atoms with Crippen LogP contribution in [0.25, 0.3) is 10.9 Å². The van der Waals surface area contributed by atoms with Crippen LogP contribution in [0.3, 0.4) is 0 Å². The molecule has 0 bridgehead atoms. The third-order valence-electron chi connectivity index (χ3n) is 3.11. The fourth-order valence-electron chi connectivity index (χ4n) is 1.96. The molecule has 1 heterocycles. The van der Waals surface area contributed by atoms with E-state index >= 15 is 0 Å². The molecule has 1 aromatic heterocycles. The van der Waals surface area contributed by atoms with Crippen LogP contribution in [-0.4, -0.2) is 11.5 Å². The first-order valence-corrected chi connectivity index (χ1v) is 5.96. The first-order chi connectivity index (χ1) is 7.92. The first kappa shape index (κ1) is 9.79. The average Bonchev–Trinajstić information content (AvgIpc) is 3.13. The van der Waals surface area contributed by atoms with Crippen molar-refractivity contribution in [2.24, 2.45) is 5.92 Å². The molecule has 1 saturated carbocycles. The topological polar surface area (TPSA) is 24.9 Å². The van der Waals surface area contributed by atoms with Gasteiger partial charge in [-0.1, -0.05) is 18.2 Å². The molecule has 0 unspecified atom stereocenters. The first-order valence-electron chi connectivity index (χ1n) is 5.96. The zero-order chi connectivity index (χ0) is 10.8. The predicted molar refractivity (Wildman–Crippen MR) is 66.2 cm³/mol. The van der Waals surface area contributed by atoms with Crippen LogP contribution in [0.4, 0.5) is 0 Å². The lowest BCUT2D eigenvalue weighted by Crippen LogP contribution is -2.16. The van der Waals surface area contributed by atoms with Crippen molar-refractivity contribution in [3.63, 3.8) is 0 Å². The molecule has 0 amide bonds. The lowest BCUT2D eigenvalue weighted by Gasteiger charge is -2.04. The van der Waals surface area contributed by atoms with Gasteiger partial charge < -0.3 is 5.32 Å². The highest BCUT2D eigenvalue weighted by Gasteiger charge is 2.20. The average molecular weight is 212 g/mol. The summed E-state index contributed by atoms with van der Waals surface area (Å²) in [6.07, 6.45) is 4.79. The lowest BCUT2D eigenvalue weighted by atomic mass is 10.1. The van der Waals surface area contributed by atoms with Gasteiger partial charge in [-0.15, -0.1) is 0 Å². The Labute approximate surface area is 95.7 Å². The molecule has 1 N–H and O–H groups in total. The highest BCUT2D eigenvalue weighted by molar-refractivity contribution is 5.78. The predicted octanol–water partition coefficient (Wildman–Crippen LogP) is 2.73. The third kappa shape index (κ3) is 2.22. The molecule has 2 aromatic rings. The molecule has 1 fully saturated rings. The Balaban J connectivity index is 1.71. The Kier molecular flexibility index (Phi) is 2.58. The second-order valence-corrected chi connectivity index (χ2v) is 4.61. The van der Waals surface area contributed by atoms with E-state index in [-0.39, 0.29) is 0 Å². The number of nitrogens with zero attached hydrogens (tertiary/aromatic N) is 1. The van der Waals surface area contributed by atoms with Gasteiger partial charge in [0.15, 0.2) is 0 Å². The summed E-state index contributed by atoms with van der Waals surface area (Å²) < 4.78 is 0. The smallest absolute Gasteiger partial charge is 0.0702 e. The van der Waals surface area contributed by atoms with Crippen molar-refractivity contribution in [2.45, 2.75) is 19.4 Å². The number of para-hydroxylation sites is 1. The molecule has 1 aliphatic carbocycles. The molecule has 3 rings (SSSR count). The fourth-order valence-corrected chi connectivity index (χ4v) is 1.96. The van der Waals surface area contributed by atoms with Gasteiger partial charge in [-0.25, -0.2) is 0 Å². The second kappa shape index (κ2) is 4.22. The van der Waals surface area contributed by atoms with Crippen LogP contribution in [-0.2, 0) is 6.54 Å². The molecule has 0 spiro atoms. The van der Waals surface area contributed by atoms with E-state index in [1.165, 1.54) is 23.8 Å². The number of rotatable bonds is 4. The maximum absolute atomic E-state index is 4.45. The van der Waals surface area contributed by atoms with Gasteiger partial charge >= 0.3 is 0 Å². The number of benzene rings is 1. The number of pyridine rings is 1. The number of fused-ring (bicyclic) bond motifs is 1. The number of hydrogen-bond acceptors (Lipinski definition) is 2. The maximum Gasteiger partial charge on any atom is 0.0702 e. The van der Waals surface area contributed by atoms with Crippen LogP contribution in [0.2, 0.25) is 0 Å². The van der Waals surface area contributed by atoms with Crippen LogP contribution in [0.5, 0.6) is 0 Å². The number of nitrogens with one attached hydrogen (secondary N) is 1. The summed E-state index contributed by atoms with van der Waals surface area (Å²) in [4.78, 5) is 4.45. The van der Waals surface area contributed by atoms with Crippen LogP contribution in [0, 0.1) is 5.92 Å². The summed E-state index contributed by atoms with van der Waals surface area (Å²) in [6, 6.07) is 10.5. The summed E-state index contributed by atoms with van der Waals surface area (Å²) in [6.45, 7) is 2.10. The van der Waals surface area contributed by atoms with Crippen molar-refractivity contribution in [2.75, 3.05) is 6.54 Å². The van der Waals surface area contributed by atoms with E-state index in [1.807, 2.05) is 12.3 Å². The Hall–Kier alpha value is -1.41. The van der Waals surface area contributed by atoms with Crippen LogP contribution >= 0.6 is 0 Å². The maximum atomic E-state index is 4.45. The third-order valence-corrected chi connectivity index (χ3v) is 3.11. The standard InChI is InChI=1S/C14H16N2/c1-2-4-14-13(3-1)7-12(10-16-14)9-15-8-11-5-6-11/h1-4,7,10-11,15H,5-6,8-9H2. The molecule has 16 heavy (non-hydrogen) atoms. The zero-order valence-corrected chi connectivity index (χ0v) is 9.32. The van der Waals surface area contributed by atoms with Crippen molar-refractivity contribution >= 4 is 10.9 Å². The fraction of sp³-hybridized carbons (Fsp3) is 0.357. The summed E-state index contributed by atoms with van der Waals surface area (Å²) >= 11 is 0. The van der Waals surface area contributed by atoms with E-state index in [2.05, 4.69) is 34.6 Å². The van der Waals surface area contributed by atoms with E-state index in [1.54, 1.807) is 0 Å². The van der Waals surface area contributed by atoms with E-state index in [0.29, 0.717) is 0 Å². The van der Waals surface area contributed by atoms with Gasteiger partial charge in [-0.05, 0) is 43.0 Å². The van der Waals surface area contributed by atoms with Gasteiger partial charge in [0.25, 0.3) is 0 Å². The highest BCUT2D eigenvalue weighted by Crippen LogP contribution is 2.27. The molecule has 82 valence electrons. The molecular formula is C14H16N2. The van der Waals surface area contributed by atoms with Gasteiger partial charge in [0.1, 0.15) is 0 Å². The van der Waals surface area contributed by atoms with E-state index in [0.717, 1.165) is 24.5 Å². The minimum atomic E-state index is 0.938. The zero-order valence-electron chi connectivity index (χ0n) is 9.32. The molecule has 0 atom stereocenters. The summed E-state index contributed by atoms with van der Waals surface area (Å²) in [5.74, 6) is 0.938. The van der Waals surface area contributed by atoms with Crippen molar-refractivity contribution in [1.82, 2.24) is 10.3 Å². The minimum Gasteiger partial charge on any atom is -0.312 e.